The summed E-state index contributed by atoms with van der Waals surface area (Å²) in [6.45, 7) is 4.05. The number of aromatic nitrogens is 1. The first-order chi connectivity index (χ1) is 7.65. The molecule has 16 heavy (non-hydrogen) atoms. The maximum absolute atomic E-state index is 5.64. The molecule has 2 aromatic rings. The van der Waals surface area contributed by atoms with E-state index in [1.807, 2.05) is 31.2 Å². The van der Waals surface area contributed by atoms with Gasteiger partial charge in [0.25, 0.3) is 0 Å². The predicted octanol–water partition coefficient (Wildman–Crippen LogP) is 2.91. The number of aryl methyl sites for hydroxylation is 1. The highest BCUT2D eigenvalue weighted by Gasteiger charge is 2.11. The van der Waals surface area contributed by atoms with Crippen molar-refractivity contribution in [3.05, 3.63) is 47.7 Å². The lowest BCUT2D eigenvalue weighted by Crippen LogP contribution is -1.99. The molecule has 1 heterocycles. The molecular weight excluding hydrogens is 200 g/mol. The molecule has 3 heteroatoms. The van der Waals surface area contributed by atoms with Crippen LogP contribution in [0.15, 0.2) is 34.9 Å². The Labute approximate surface area is 95.3 Å². The van der Waals surface area contributed by atoms with Crippen LogP contribution in [0.3, 0.4) is 0 Å². The van der Waals surface area contributed by atoms with E-state index in [4.69, 9.17) is 10.2 Å². The monoisotopic (exact) mass is 216 g/mol. The van der Waals surface area contributed by atoms with Crippen LogP contribution < -0.4 is 5.73 Å². The van der Waals surface area contributed by atoms with Crippen LogP contribution in [-0.4, -0.2) is 4.98 Å². The maximum atomic E-state index is 5.64. The molecule has 0 saturated heterocycles. The first kappa shape index (κ1) is 10.7. The van der Waals surface area contributed by atoms with Crippen LogP contribution in [0.5, 0.6) is 0 Å². The van der Waals surface area contributed by atoms with Gasteiger partial charge in [-0.3, -0.25) is 0 Å². The van der Waals surface area contributed by atoms with Crippen LogP contribution in [0.25, 0.3) is 0 Å². The summed E-state index contributed by atoms with van der Waals surface area (Å²) < 4.78 is 5.39. The van der Waals surface area contributed by atoms with Crippen molar-refractivity contribution in [3.63, 3.8) is 0 Å². The normalized spacial score (nSPS) is 12.6. The number of nitrogen functional groups attached to an aromatic ring is 1. The highest BCUT2D eigenvalue weighted by atomic mass is 16.3. The van der Waals surface area contributed by atoms with E-state index in [2.05, 4.69) is 11.9 Å². The summed E-state index contributed by atoms with van der Waals surface area (Å²) in [4.78, 5) is 4.33. The number of benzene rings is 1. The lowest BCUT2D eigenvalue weighted by molar-refractivity contribution is 0.457. The van der Waals surface area contributed by atoms with Crippen molar-refractivity contribution in [2.24, 2.45) is 0 Å². The van der Waals surface area contributed by atoms with Crippen LogP contribution in [0.2, 0.25) is 0 Å². The van der Waals surface area contributed by atoms with Crippen molar-refractivity contribution in [1.29, 1.82) is 0 Å². The lowest BCUT2D eigenvalue weighted by atomic mass is 10.0. The molecule has 3 nitrogen and oxygen atoms in total. The zero-order chi connectivity index (χ0) is 11.5. The molecular formula is C13H16N2O. The second kappa shape index (κ2) is 4.39. The number of anilines is 1. The molecule has 0 spiro atoms. The third-order valence-corrected chi connectivity index (χ3v) is 2.58. The Hall–Kier alpha value is -1.77. The van der Waals surface area contributed by atoms with Crippen LogP contribution in [0, 0.1) is 6.92 Å². The van der Waals surface area contributed by atoms with Gasteiger partial charge in [0.1, 0.15) is 6.26 Å². The quantitative estimate of drug-likeness (QED) is 0.802. The fourth-order valence-corrected chi connectivity index (χ4v) is 1.69. The van der Waals surface area contributed by atoms with Crippen molar-refractivity contribution < 1.29 is 4.42 Å². The van der Waals surface area contributed by atoms with Gasteiger partial charge in [-0.1, -0.05) is 19.1 Å². The van der Waals surface area contributed by atoms with Crippen molar-refractivity contribution in [2.75, 3.05) is 5.73 Å². The highest BCUT2D eigenvalue weighted by molar-refractivity contribution is 5.39. The first-order valence-electron chi connectivity index (χ1n) is 5.41. The second-order valence-electron chi connectivity index (χ2n) is 4.17. The minimum absolute atomic E-state index is 0.289. The first-order valence-corrected chi connectivity index (χ1v) is 5.41. The number of hydrogen-bond acceptors (Lipinski definition) is 3. The second-order valence-corrected chi connectivity index (χ2v) is 4.17. The summed E-state index contributed by atoms with van der Waals surface area (Å²) in [5.41, 5.74) is 8.61. The molecule has 1 aromatic carbocycles. The lowest BCUT2D eigenvalue weighted by Gasteiger charge is -2.07. The molecule has 84 valence electrons. The van der Waals surface area contributed by atoms with E-state index in [0.717, 1.165) is 23.7 Å². The van der Waals surface area contributed by atoms with E-state index in [0.29, 0.717) is 0 Å². The molecule has 1 unspecified atom stereocenters. The SMILES string of the molecule is Cc1coc(C(C)Cc2ccc(N)cc2)n1. The molecule has 0 bridgehead atoms. The summed E-state index contributed by atoms with van der Waals surface area (Å²) in [6.07, 6.45) is 2.61. The standard InChI is InChI=1S/C13H16N2O/c1-9(13-15-10(2)8-16-13)7-11-3-5-12(14)6-4-11/h3-6,8-9H,7,14H2,1-2H3. The molecule has 0 saturated carbocycles. The average molecular weight is 216 g/mol. The van der Waals surface area contributed by atoms with Crippen LogP contribution in [0.4, 0.5) is 5.69 Å². The molecule has 0 amide bonds. The number of oxazole rings is 1. The van der Waals surface area contributed by atoms with Crippen molar-refractivity contribution in [1.82, 2.24) is 4.98 Å². The Balaban J connectivity index is 2.07. The van der Waals surface area contributed by atoms with Gasteiger partial charge < -0.3 is 10.2 Å². The van der Waals surface area contributed by atoms with E-state index in [1.165, 1.54) is 5.56 Å². The Morgan fingerprint density at radius 2 is 2.00 bits per heavy atom. The van der Waals surface area contributed by atoms with Crippen LogP contribution in [0.1, 0.15) is 30.0 Å². The van der Waals surface area contributed by atoms with E-state index in [9.17, 15) is 0 Å². The Morgan fingerprint density at radius 3 is 2.56 bits per heavy atom. The number of hydrogen-bond donors (Lipinski definition) is 1. The van der Waals surface area contributed by atoms with Crippen LogP contribution >= 0.6 is 0 Å². The smallest absolute Gasteiger partial charge is 0.197 e. The van der Waals surface area contributed by atoms with Gasteiger partial charge in [0.2, 0.25) is 0 Å². The molecule has 0 aliphatic rings. The summed E-state index contributed by atoms with van der Waals surface area (Å²) in [7, 11) is 0. The average Bonchev–Trinajstić information content (AvgIpc) is 2.68. The highest BCUT2D eigenvalue weighted by Crippen LogP contribution is 2.20. The summed E-state index contributed by atoms with van der Waals surface area (Å²) >= 11 is 0. The molecule has 2 N–H and O–H groups in total. The van der Waals surface area contributed by atoms with E-state index in [1.54, 1.807) is 6.26 Å². The third kappa shape index (κ3) is 2.42. The molecule has 0 fully saturated rings. The Kier molecular flexibility index (Phi) is 2.95. The number of rotatable bonds is 3. The Morgan fingerprint density at radius 1 is 1.31 bits per heavy atom. The van der Waals surface area contributed by atoms with E-state index in [-0.39, 0.29) is 5.92 Å². The minimum atomic E-state index is 0.289. The molecule has 0 aliphatic carbocycles. The fourth-order valence-electron chi connectivity index (χ4n) is 1.69. The molecule has 0 aliphatic heterocycles. The van der Waals surface area contributed by atoms with Gasteiger partial charge in [0, 0.05) is 11.6 Å². The summed E-state index contributed by atoms with van der Waals surface area (Å²) in [5.74, 6) is 1.09. The van der Waals surface area contributed by atoms with Crippen molar-refractivity contribution in [3.8, 4) is 0 Å². The molecule has 1 aromatic heterocycles. The van der Waals surface area contributed by atoms with Gasteiger partial charge in [-0.05, 0) is 31.0 Å². The van der Waals surface area contributed by atoms with E-state index >= 15 is 0 Å². The topological polar surface area (TPSA) is 52.0 Å². The maximum Gasteiger partial charge on any atom is 0.197 e. The van der Waals surface area contributed by atoms with Gasteiger partial charge in [-0.15, -0.1) is 0 Å². The summed E-state index contributed by atoms with van der Waals surface area (Å²) in [5, 5.41) is 0. The minimum Gasteiger partial charge on any atom is -0.448 e. The number of nitrogens with zero attached hydrogens (tertiary/aromatic N) is 1. The largest absolute Gasteiger partial charge is 0.448 e. The van der Waals surface area contributed by atoms with Crippen molar-refractivity contribution >= 4 is 5.69 Å². The van der Waals surface area contributed by atoms with Gasteiger partial charge in [0.15, 0.2) is 5.89 Å². The van der Waals surface area contributed by atoms with Gasteiger partial charge in [-0.2, -0.15) is 0 Å². The van der Waals surface area contributed by atoms with Gasteiger partial charge in [0.05, 0.1) is 5.69 Å². The molecule has 2 rings (SSSR count). The third-order valence-electron chi connectivity index (χ3n) is 2.58. The zero-order valence-corrected chi connectivity index (χ0v) is 9.60. The van der Waals surface area contributed by atoms with Crippen LogP contribution in [-0.2, 0) is 6.42 Å². The van der Waals surface area contributed by atoms with Gasteiger partial charge >= 0.3 is 0 Å². The molecule has 1 atom stereocenters. The van der Waals surface area contributed by atoms with Gasteiger partial charge in [-0.25, -0.2) is 4.98 Å². The molecule has 0 radical (unpaired) electrons. The summed E-state index contributed by atoms with van der Waals surface area (Å²) in [6, 6.07) is 7.93. The van der Waals surface area contributed by atoms with E-state index < -0.39 is 0 Å². The predicted molar refractivity (Wildman–Crippen MR) is 64.2 cm³/mol. The fraction of sp³-hybridized carbons (Fsp3) is 0.308. The zero-order valence-electron chi connectivity index (χ0n) is 9.60. The van der Waals surface area contributed by atoms with Crippen molar-refractivity contribution in [2.45, 2.75) is 26.2 Å². The Bertz CT molecular complexity index is 459. The number of nitrogens with two attached hydrogens (primary N) is 1.